The number of hydrogen-bond acceptors (Lipinski definition) is 3. The van der Waals surface area contributed by atoms with E-state index in [4.69, 9.17) is 4.74 Å². The summed E-state index contributed by atoms with van der Waals surface area (Å²) in [5.74, 6) is 0.0314. The first-order valence-corrected chi connectivity index (χ1v) is 7.79. The molecule has 2 amide bonds. The Morgan fingerprint density at radius 1 is 1.32 bits per heavy atom. The van der Waals surface area contributed by atoms with Gasteiger partial charge in [0, 0.05) is 37.9 Å². The fourth-order valence-corrected chi connectivity index (χ4v) is 2.93. The molecule has 0 bridgehead atoms. The molecular formula is C16H23N3O3. The van der Waals surface area contributed by atoms with E-state index in [0.717, 1.165) is 6.42 Å². The summed E-state index contributed by atoms with van der Waals surface area (Å²) in [7, 11) is 0. The number of carbonyl (C=O) groups excluding carboxylic acids is 2. The molecule has 22 heavy (non-hydrogen) atoms. The molecule has 1 fully saturated rings. The van der Waals surface area contributed by atoms with E-state index in [0.29, 0.717) is 26.1 Å². The maximum Gasteiger partial charge on any atom is 0.410 e. The number of fused-ring (bicyclic) bond motifs is 1. The van der Waals surface area contributed by atoms with E-state index in [1.165, 1.54) is 11.3 Å². The van der Waals surface area contributed by atoms with Crippen molar-refractivity contribution in [3.05, 3.63) is 23.5 Å². The van der Waals surface area contributed by atoms with Crippen molar-refractivity contribution in [2.45, 2.75) is 51.8 Å². The van der Waals surface area contributed by atoms with Crippen molar-refractivity contribution in [1.29, 1.82) is 0 Å². The van der Waals surface area contributed by atoms with Gasteiger partial charge in [-0.15, -0.1) is 0 Å². The Hall–Kier alpha value is -1.98. The van der Waals surface area contributed by atoms with Crippen LogP contribution in [0.3, 0.4) is 0 Å². The van der Waals surface area contributed by atoms with Gasteiger partial charge in [-0.3, -0.25) is 9.69 Å². The van der Waals surface area contributed by atoms with E-state index in [9.17, 15) is 9.59 Å². The number of amides is 2. The van der Waals surface area contributed by atoms with E-state index >= 15 is 0 Å². The maximum atomic E-state index is 12.7. The van der Waals surface area contributed by atoms with Crippen LogP contribution in [0.25, 0.3) is 0 Å². The molecule has 1 aromatic rings. The van der Waals surface area contributed by atoms with Crippen LogP contribution in [0.1, 0.15) is 38.4 Å². The molecule has 3 heterocycles. The van der Waals surface area contributed by atoms with Crippen molar-refractivity contribution in [3.8, 4) is 0 Å². The van der Waals surface area contributed by atoms with Crippen LogP contribution in [-0.4, -0.2) is 51.5 Å². The smallest absolute Gasteiger partial charge is 0.410 e. The van der Waals surface area contributed by atoms with Crippen molar-refractivity contribution in [1.82, 2.24) is 14.8 Å². The Bertz CT molecular complexity index is 588. The second-order valence-electron chi connectivity index (χ2n) is 6.97. The quantitative estimate of drug-likeness (QED) is 0.862. The number of H-pyrrole nitrogens is 1. The number of aromatic amines is 1. The van der Waals surface area contributed by atoms with Crippen molar-refractivity contribution in [3.63, 3.8) is 0 Å². The largest absolute Gasteiger partial charge is 0.444 e. The Kier molecular flexibility index (Phi) is 3.62. The standard InChI is InChI=1S/C16H23N3O3/c1-16(2,3)22-15(21)19-9-6-13(19)14(20)18-8-5-12-11(10-18)4-7-17-12/h4,7,13,17H,5-6,8-10H2,1-3H3/t13-/m1/s1. The zero-order chi connectivity index (χ0) is 15.9. The van der Waals surface area contributed by atoms with Gasteiger partial charge < -0.3 is 14.6 Å². The summed E-state index contributed by atoms with van der Waals surface area (Å²) in [6.07, 6.45) is 3.08. The number of nitrogens with one attached hydrogen (secondary N) is 1. The van der Waals surface area contributed by atoms with Gasteiger partial charge in [-0.1, -0.05) is 0 Å². The molecule has 0 aromatic carbocycles. The summed E-state index contributed by atoms with van der Waals surface area (Å²) in [6, 6.07) is 1.65. The summed E-state index contributed by atoms with van der Waals surface area (Å²) in [4.78, 5) is 31.4. The molecule has 1 aromatic heterocycles. The zero-order valence-corrected chi connectivity index (χ0v) is 13.4. The minimum Gasteiger partial charge on any atom is -0.444 e. The first kappa shape index (κ1) is 14.9. The number of carbonyl (C=O) groups is 2. The normalized spacial score (nSPS) is 21.1. The average molecular weight is 305 g/mol. The van der Waals surface area contributed by atoms with Crippen molar-refractivity contribution in [2.75, 3.05) is 13.1 Å². The average Bonchev–Trinajstić information content (AvgIpc) is 2.81. The number of likely N-dealkylation sites (tertiary alicyclic amines) is 1. The lowest BCUT2D eigenvalue weighted by molar-refractivity contribution is -0.142. The summed E-state index contributed by atoms with van der Waals surface area (Å²) >= 11 is 0. The van der Waals surface area contributed by atoms with E-state index < -0.39 is 11.7 Å². The minimum atomic E-state index is -0.536. The van der Waals surface area contributed by atoms with E-state index in [2.05, 4.69) is 4.98 Å². The Labute approximate surface area is 130 Å². The lowest BCUT2D eigenvalue weighted by atomic mass is 10.00. The zero-order valence-electron chi connectivity index (χ0n) is 13.4. The van der Waals surface area contributed by atoms with E-state index in [1.54, 1.807) is 4.90 Å². The van der Waals surface area contributed by atoms with Gasteiger partial charge in [0.1, 0.15) is 11.6 Å². The highest BCUT2D eigenvalue weighted by Gasteiger charge is 2.42. The SMILES string of the molecule is CC(C)(C)OC(=O)N1CC[C@@H]1C(=O)N1CCc2[nH]ccc2C1. The second-order valence-corrected chi connectivity index (χ2v) is 6.97. The van der Waals surface area contributed by atoms with Gasteiger partial charge in [-0.2, -0.15) is 0 Å². The maximum absolute atomic E-state index is 12.7. The van der Waals surface area contributed by atoms with Crippen molar-refractivity contribution >= 4 is 12.0 Å². The molecule has 0 aliphatic carbocycles. The third-order valence-electron chi connectivity index (χ3n) is 4.17. The molecule has 6 nitrogen and oxygen atoms in total. The van der Waals surface area contributed by atoms with E-state index in [1.807, 2.05) is 37.9 Å². The van der Waals surface area contributed by atoms with Crippen LogP contribution in [0.4, 0.5) is 4.79 Å². The Morgan fingerprint density at radius 3 is 2.73 bits per heavy atom. The molecule has 2 aliphatic heterocycles. The molecule has 120 valence electrons. The molecule has 0 saturated carbocycles. The fourth-order valence-electron chi connectivity index (χ4n) is 2.93. The van der Waals surface area contributed by atoms with Gasteiger partial charge in [0.05, 0.1) is 0 Å². The number of ether oxygens (including phenoxy) is 1. The molecule has 1 N–H and O–H groups in total. The predicted molar refractivity (Wildman–Crippen MR) is 81.3 cm³/mol. The first-order chi connectivity index (χ1) is 10.3. The first-order valence-electron chi connectivity index (χ1n) is 7.79. The predicted octanol–water partition coefficient (Wildman–Crippen LogP) is 1.91. The van der Waals surface area contributed by atoms with Gasteiger partial charge >= 0.3 is 6.09 Å². The van der Waals surface area contributed by atoms with Crippen LogP contribution < -0.4 is 0 Å². The van der Waals surface area contributed by atoms with Gasteiger partial charge in [-0.25, -0.2) is 4.79 Å². The number of nitrogens with zero attached hydrogens (tertiary/aromatic N) is 2. The Balaban J connectivity index is 1.62. The van der Waals surface area contributed by atoms with Crippen molar-refractivity contribution in [2.24, 2.45) is 0 Å². The summed E-state index contributed by atoms with van der Waals surface area (Å²) < 4.78 is 5.36. The number of aromatic nitrogens is 1. The Morgan fingerprint density at radius 2 is 2.09 bits per heavy atom. The van der Waals surface area contributed by atoms with Gasteiger partial charge in [0.2, 0.25) is 5.91 Å². The molecule has 1 atom stereocenters. The molecular weight excluding hydrogens is 282 g/mol. The van der Waals surface area contributed by atoms with Crippen LogP contribution >= 0.6 is 0 Å². The van der Waals surface area contributed by atoms with E-state index in [-0.39, 0.29) is 11.9 Å². The lowest BCUT2D eigenvalue weighted by Crippen LogP contribution is -2.60. The van der Waals surface area contributed by atoms with Crippen molar-refractivity contribution < 1.29 is 14.3 Å². The topological polar surface area (TPSA) is 65.6 Å². The third-order valence-corrected chi connectivity index (χ3v) is 4.17. The van der Waals surface area contributed by atoms with Gasteiger partial charge in [0.15, 0.2) is 0 Å². The third kappa shape index (κ3) is 2.82. The molecule has 0 radical (unpaired) electrons. The monoisotopic (exact) mass is 305 g/mol. The van der Waals surface area contributed by atoms with Crippen LogP contribution in [0.2, 0.25) is 0 Å². The number of rotatable bonds is 1. The molecule has 2 aliphatic rings. The summed E-state index contributed by atoms with van der Waals surface area (Å²) in [6.45, 7) is 7.41. The highest BCUT2D eigenvalue weighted by Crippen LogP contribution is 2.25. The lowest BCUT2D eigenvalue weighted by Gasteiger charge is -2.43. The van der Waals surface area contributed by atoms with Crippen LogP contribution in [-0.2, 0) is 22.5 Å². The molecule has 6 heteroatoms. The van der Waals surface area contributed by atoms with Crippen LogP contribution in [0.15, 0.2) is 12.3 Å². The second kappa shape index (κ2) is 5.34. The highest BCUT2D eigenvalue weighted by atomic mass is 16.6. The molecule has 1 saturated heterocycles. The molecule has 0 unspecified atom stereocenters. The summed E-state index contributed by atoms with van der Waals surface area (Å²) in [5, 5.41) is 0. The van der Waals surface area contributed by atoms with Crippen LogP contribution in [0.5, 0.6) is 0 Å². The summed E-state index contributed by atoms with van der Waals surface area (Å²) in [5.41, 5.74) is 1.84. The fraction of sp³-hybridized carbons (Fsp3) is 0.625. The van der Waals surface area contributed by atoms with Gasteiger partial charge in [0.25, 0.3) is 0 Å². The van der Waals surface area contributed by atoms with Crippen LogP contribution in [0, 0.1) is 0 Å². The highest BCUT2D eigenvalue weighted by molar-refractivity contribution is 5.87. The minimum absolute atomic E-state index is 0.0314. The van der Waals surface area contributed by atoms with Gasteiger partial charge in [-0.05, 0) is 38.8 Å². The molecule has 3 rings (SSSR count). The number of hydrogen-bond donors (Lipinski definition) is 1. The molecule has 0 spiro atoms.